The fourth-order valence-electron chi connectivity index (χ4n) is 4.68. The van der Waals surface area contributed by atoms with Gasteiger partial charge in [0.1, 0.15) is 18.5 Å². The number of sulfone groups is 1. The van der Waals surface area contributed by atoms with Crippen molar-refractivity contribution in [2.45, 2.75) is 55.1 Å². The van der Waals surface area contributed by atoms with Crippen LogP contribution in [0.3, 0.4) is 0 Å². The van der Waals surface area contributed by atoms with Gasteiger partial charge in [-0.3, -0.25) is 0 Å². The molecular formula is C27H30F4N4O3S. The Kier molecular flexibility index (Phi) is 8.32. The Morgan fingerprint density at radius 1 is 1.15 bits per heavy atom. The summed E-state index contributed by atoms with van der Waals surface area (Å²) in [5.74, 6) is 5.95. The molecule has 2 aromatic carbocycles. The lowest BCUT2D eigenvalue weighted by Crippen LogP contribution is -2.41. The Morgan fingerprint density at radius 2 is 1.92 bits per heavy atom. The van der Waals surface area contributed by atoms with Gasteiger partial charge in [0.2, 0.25) is 0 Å². The molecule has 0 aliphatic heterocycles. The highest BCUT2D eigenvalue weighted by Crippen LogP contribution is 2.32. The lowest BCUT2D eigenvalue weighted by Gasteiger charge is -2.30. The topological polar surface area (TPSA) is 98.4 Å². The molecule has 0 spiro atoms. The molecule has 1 aliphatic rings. The lowest BCUT2D eigenvalue weighted by atomic mass is 9.90. The highest BCUT2D eigenvalue weighted by molar-refractivity contribution is 7.90. The van der Waals surface area contributed by atoms with Crippen molar-refractivity contribution in [2.24, 2.45) is 5.73 Å². The molecule has 0 amide bonds. The van der Waals surface area contributed by atoms with E-state index in [0.717, 1.165) is 10.8 Å². The van der Waals surface area contributed by atoms with E-state index in [0.29, 0.717) is 40.9 Å². The minimum Gasteiger partial charge on any atom is -0.495 e. The van der Waals surface area contributed by atoms with Crippen LogP contribution in [-0.4, -0.2) is 57.3 Å². The molecule has 4 N–H and O–H groups in total. The first kappa shape index (κ1) is 28.6. The van der Waals surface area contributed by atoms with Gasteiger partial charge >= 0.3 is 6.18 Å². The van der Waals surface area contributed by atoms with E-state index in [1.807, 2.05) is 0 Å². The molecule has 12 heteroatoms. The standard InChI is InChI=1S/C27H30F4N4O3S/c1-38-26-15-19(39(2,36)37)9-11-24(26)33-12-4-5-18-14-20-23(34-17-8-10-22(32)21(28)13-17)6-3-7-25(20)35(18)16-27(29,30)31/h3,6-7,9,11,14-15,17,21-22,33-34H,8,10,12-13,16,32H2,1-2H3/t17-,21+,22+/m0/s1. The number of anilines is 2. The summed E-state index contributed by atoms with van der Waals surface area (Å²) in [6, 6.07) is 10.3. The first-order valence-corrected chi connectivity index (χ1v) is 14.2. The van der Waals surface area contributed by atoms with E-state index >= 15 is 0 Å². The van der Waals surface area contributed by atoms with Gasteiger partial charge in [-0.1, -0.05) is 12.0 Å². The average molecular weight is 567 g/mol. The molecule has 3 aromatic rings. The van der Waals surface area contributed by atoms with E-state index in [4.69, 9.17) is 10.5 Å². The molecule has 1 aliphatic carbocycles. The van der Waals surface area contributed by atoms with Crippen LogP contribution in [0.2, 0.25) is 0 Å². The van der Waals surface area contributed by atoms with Crippen molar-refractivity contribution >= 4 is 32.1 Å². The monoisotopic (exact) mass is 566 g/mol. The summed E-state index contributed by atoms with van der Waals surface area (Å²) in [6.07, 6.45) is -3.11. The van der Waals surface area contributed by atoms with Crippen molar-refractivity contribution in [1.29, 1.82) is 0 Å². The second-order valence-corrected chi connectivity index (χ2v) is 11.6. The van der Waals surface area contributed by atoms with Crippen molar-refractivity contribution in [3.8, 4) is 17.6 Å². The van der Waals surface area contributed by atoms with Crippen LogP contribution in [0, 0.1) is 11.8 Å². The number of nitrogens with two attached hydrogens (primary N) is 1. The molecule has 0 bridgehead atoms. The maximum absolute atomic E-state index is 14.2. The molecule has 39 heavy (non-hydrogen) atoms. The summed E-state index contributed by atoms with van der Waals surface area (Å²) in [6.45, 7) is -1.16. The summed E-state index contributed by atoms with van der Waals surface area (Å²) >= 11 is 0. The smallest absolute Gasteiger partial charge is 0.406 e. The van der Waals surface area contributed by atoms with Gasteiger partial charge in [0.25, 0.3) is 0 Å². The number of methoxy groups -OCH3 is 1. The first-order valence-electron chi connectivity index (χ1n) is 12.3. The second kappa shape index (κ2) is 11.4. The van der Waals surface area contributed by atoms with Crippen molar-refractivity contribution in [1.82, 2.24) is 4.57 Å². The average Bonchev–Trinajstić information content (AvgIpc) is 3.20. The zero-order valence-electron chi connectivity index (χ0n) is 21.5. The van der Waals surface area contributed by atoms with Crippen LogP contribution < -0.4 is 21.1 Å². The second-order valence-electron chi connectivity index (χ2n) is 9.59. The van der Waals surface area contributed by atoms with Gasteiger partial charge in [0.05, 0.1) is 35.4 Å². The molecule has 1 aromatic heterocycles. The van der Waals surface area contributed by atoms with E-state index < -0.39 is 34.8 Å². The molecular weight excluding hydrogens is 536 g/mol. The number of halogens is 4. The third-order valence-corrected chi connectivity index (χ3v) is 7.76. The van der Waals surface area contributed by atoms with Crippen molar-refractivity contribution in [3.05, 3.63) is 48.2 Å². The minimum atomic E-state index is -4.47. The van der Waals surface area contributed by atoms with Gasteiger partial charge in [-0.15, -0.1) is 0 Å². The van der Waals surface area contributed by atoms with E-state index in [2.05, 4.69) is 22.5 Å². The van der Waals surface area contributed by atoms with Gasteiger partial charge in [0.15, 0.2) is 9.84 Å². The predicted molar refractivity (Wildman–Crippen MR) is 144 cm³/mol. The first-order chi connectivity index (χ1) is 18.4. The summed E-state index contributed by atoms with van der Waals surface area (Å²) < 4.78 is 84.6. The Morgan fingerprint density at radius 3 is 2.59 bits per heavy atom. The number of hydrogen-bond acceptors (Lipinski definition) is 6. The SMILES string of the molecule is COc1cc(S(C)(=O)=O)ccc1NCC#Cc1cc2c(N[C@H]3CC[C@@H](N)[C@H](F)C3)cccc2n1CC(F)(F)F. The summed E-state index contributed by atoms with van der Waals surface area (Å²) in [5, 5.41) is 6.85. The van der Waals surface area contributed by atoms with E-state index in [9.17, 15) is 26.0 Å². The Balaban J connectivity index is 1.60. The Hall–Kier alpha value is -3.43. The minimum absolute atomic E-state index is 0.0629. The quantitative estimate of drug-likeness (QED) is 0.283. The Labute approximate surface area is 224 Å². The largest absolute Gasteiger partial charge is 0.495 e. The van der Waals surface area contributed by atoms with E-state index in [-0.39, 0.29) is 29.6 Å². The Bertz CT molecular complexity index is 1510. The maximum Gasteiger partial charge on any atom is 0.406 e. The van der Waals surface area contributed by atoms with Gasteiger partial charge in [-0.2, -0.15) is 13.2 Å². The molecule has 0 saturated heterocycles. The number of nitrogens with one attached hydrogen (secondary N) is 2. The highest BCUT2D eigenvalue weighted by atomic mass is 32.2. The number of hydrogen-bond donors (Lipinski definition) is 3. The van der Waals surface area contributed by atoms with Crippen LogP contribution in [0.25, 0.3) is 10.9 Å². The number of fused-ring (bicyclic) bond motifs is 1. The van der Waals surface area contributed by atoms with Crippen molar-refractivity contribution in [2.75, 3.05) is 30.5 Å². The van der Waals surface area contributed by atoms with Crippen LogP contribution in [-0.2, 0) is 16.4 Å². The molecule has 1 saturated carbocycles. The van der Waals surface area contributed by atoms with Crippen LogP contribution in [0.1, 0.15) is 25.0 Å². The van der Waals surface area contributed by atoms with Crippen LogP contribution >= 0.6 is 0 Å². The van der Waals surface area contributed by atoms with Crippen molar-refractivity contribution in [3.63, 3.8) is 0 Å². The number of rotatable bonds is 7. The number of benzene rings is 2. The molecule has 7 nitrogen and oxygen atoms in total. The molecule has 0 radical (unpaired) electrons. The number of alkyl halides is 4. The highest BCUT2D eigenvalue weighted by Gasteiger charge is 2.31. The van der Waals surface area contributed by atoms with Crippen LogP contribution in [0.5, 0.6) is 5.75 Å². The van der Waals surface area contributed by atoms with Gasteiger partial charge in [-0.05, 0) is 49.1 Å². The normalized spacial score (nSPS) is 19.8. The number of ether oxygens (including phenoxy) is 1. The third-order valence-electron chi connectivity index (χ3n) is 6.65. The van der Waals surface area contributed by atoms with E-state index in [1.165, 1.54) is 25.3 Å². The molecule has 1 heterocycles. The summed E-state index contributed by atoms with van der Waals surface area (Å²) in [4.78, 5) is 0.0928. The summed E-state index contributed by atoms with van der Waals surface area (Å²) in [5.41, 5.74) is 7.40. The fourth-order valence-corrected chi connectivity index (χ4v) is 5.31. The third kappa shape index (κ3) is 6.96. The zero-order valence-corrected chi connectivity index (χ0v) is 22.3. The lowest BCUT2D eigenvalue weighted by molar-refractivity contribution is -0.140. The molecule has 3 atom stereocenters. The van der Waals surface area contributed by atoms with Crippen molar-refractivity contribution < 1.29 is 30.7 Å². The fraction of sp³-hybridized carbons (Fsp3) is 0.407. The van der Waals surface area contributed by atoms with Gasteiger partial charge < -0.3 is 25.7 Å². The number of aromatic nitrogens is 1. The summed E-state index contributed by atoms with van der Waals surface area (Å²) in [7, 11) is -2.03. The van der Waals surface area contributed by atoms with Gasteiger partial charge in [-0.25, -0.2) is 12.8 Å². The molecule has 0 unspecified atom stereocenters. The van der Waals surface area contributed by atoms with Crippen LogP contribution in [0.15, 0.2) is 47.4 Å². The van der Waals surface area contributed by atoms with Crippen LogP contribution in [0.4, 0.5) is 28.9 Å². The molecule has 4 rings (SSSR count). The number of nitrogens with zero attached hydrogens (tertiary/aromatic N) is 1. The zero-order chi connectivity index (χ0) is 28.4. The molecule has 1 fully saturated rings. The van der Waals surface area contributed by atoms with Gasteiger partial charge in [0, 0.05) is 41.9 Å². The predicted octanol–water partition coefficient (Wildman–Crippen LogP) is 4.71. The molecule has 210 valence electrons. The van der Waals surface area contributed by atoms with E-state index in [1.54, 1.807) is 24.3 Å². The maximum atomic E-state index is 14.2.